The van der Waals surface area contributed by atoms with Gasteiger partial charge in [-0.15, -0.1) is 11.3 Å². The maximum Gasteiger partial charge on any atom is 0.308 e. The number of hydrogen-bond acceptors (Lipinski definition) is 3. The van der Waals surface area contributed by atoms with E-state index in [-0.39, 0.29) is 12.2 Å². The van der Waals surface area contributed by atoms with Crippen molar-refractivity contribution < 1.29 is 14.7 Å². The van der Waals surface area contributed by atoms with Crippen LogP contribution in [0.5, 0.6) is 0 Å². The van der Waals surface area contributed by atoms with E-state index >= 15 is 0 Å². The van der Waals surface area contributed by atoms with Crippen molar-refractivity contribution in [2.45, 2.75) is 26.8 Å². The molecule has 6 heteroatoms. The van der Waals surface area contributed by atoms with Crippen LogP contribution in [0.1, 0.15) is 37.1 Å². The van der Waals surface area contributed by atoms with Gasteiger partial charge in [0.05, 0.1) is 16.3 Å². The molecule has 0 saturated heterocycles. The Bertz CT molecular complexity index is 967. The summed E-state index contributed by atoms with van der Waals surface area (Å²) >= 11 is 7.56. The average Bonchev–Trinajstić information content (AvgIpc) is 3.16. The topological polar surface area (TPSA) is 59.3 Å². The van der Waals surface area contributed by atoms with Gasteiger partial charge in [-0.05, 0) is 55.8 Å². The smallest absolute Gasteiger partial charge is 0.308 e. The van der Waals surface area contributed by atoms with Crippen molar-refractivity contribution >= 4 is 34.7 Å². The second-order valence-electron chi connectivity index (χ2n) is 6.18. The molecular weight excluding hydrogens is 370 g/mol. The van der Waals surface area contributed by atoms with Gasteiger partial charge in [-0.1, -0.05) is 17.7 Å². The summed E-state index contributed by atoms with van der Waals surface area (Å²) in [5.41, 5.74) is 3.79. The highest BCUT2D eigenvalue weighted by atomic mass is 35.5. The first-order chi connectivity index (χ1) is 12.3. The van der Waals surface area contributed by atoms with Gasteiger partial charge in [0, 0.05) is 28.4 Å². The lowest BCUT2D eigenvalue weighted by molar-refractivity contribution is -0.136. The SMILES string of the molecule is Cc1ccc(C)n1Cc1ccc(C(=O)c2ccc(CC(=O)O)s2)c(Cl)c1. The monoisotopic (exact) mass is 387 g/mol. The third kappa shape index (κ3) is 3.89. The van der Waals surface area contributed by atoms with Gasteiger partial charge in [-0.3, -0.25) is 9.59 Å². The molecule has 26 heavy (non-hydrogen) atoms. The standard InChI is InChI=1S/C20H18ClNO3S/c1-12-3-4-13(2)22(12)11-14-5-7-16(17(21)9-14)20(25)18-8-6-15(26-18)10-19(23)24/h3-9H,10-11H2,1-2H3,(H,23,24). The van der Waals surface area contributed by atoms with Crippen molar-refractivity contribution in [3.63, 3.8) is 0 Å². The van der Waals surface area contributed by atoms with Crippen molar-refractivity contribution in [3.05, 3.63) is 79.8 Å². The zero-order valence-corrected chi connectivity index (χ0v) is 16.0. The summed E-state index contributed by atoms with van der Waals surface area (Å²) < 4.78 is 2.19. The molecule has 0 spiro atoms. The number of aliphatic carboxylic acids is 1. The van der Waals surface area contributed by atoms with E-state index in [1.165, 1.54) is 22.7 Å². The molecule has 4 nitrogen and oxygen atoms in total. The van der Waals surface area contributed by atoms with Crippen LogP contribution in [-0.4, -0.2) is 21.4 Å². The molecule has 2 heterocycles. The fourth-order valence-corrected chi connectivity index (χ4v) is 4.09. The van der Waals surface area contributed by atoms with Gasteiger partial charge in [0.15, 0.2) is 0 Å². The summed E-state index contributed by atoms with van der Waals surface area (Å²) in [6.07, 6.45) is -0.0831. The molecule has 3 rings (SSSR count). The summed E-state index contributed by atoms with van der Waals surface area (Å²) in [5, 5.41) is 9.26. The lowest BCUT2D eigenvalue weighted by atomic mass is 10.1. The minimum Gasteiger partial charge on any atom is -0.481 e. The van der Waals surface area contributed by atoms with Gasteiger partial charge >= 0.3 is 5.97 Å². The minimum atomic E-state index is -0.913. The summed E-state index contributed by atoms with van der Waals surface area (Å²) in [4.78, 5) is 24.6. The Morgan fingerprint density at radius 3 is 2.38 bits per heavy atom. The lowest BCUT2D eigenvalue weighted by Gasteiger charge is -2.11. The number of aromatic nitrogens is 1. The summed E-state index contributed by atoms with van der Waals surface area (Å²) in [6.45, 7) is 4.80. The van der Waals surface area contributed by atoms with Gasteiger partial charge in [0.2, 0.25) is 5.78 Å². The molecule has 0 aliphatic rings. The van der Waals surface area contributed by atoms with Crippen molar-refractivity contribution in [3.8, 4) is 0 Å². The zero-order chi connectivity index (χ0) is 18.8. The number of halogens is 1. The van der Waals surface area contributed by atoms with Crippen LogP contribution in [0, 0.1) is 13.8 Å². The maximum atomic E-state index is 12.7. The van der Waals surface area contributed by atoms with Gasteiger partial charge in [-0.25, -0.2) is 0 Å². The van der Waals surface area contributed by atoms with Crippen LogP contribution < -0.4 is 0 Å². The Labute approximate surface area is 160 Å². The number of nitrogens with zero attached hydrogens (tertiary/aromatic N) is 1. The van der Waals surface area contributed by atoms with E-state index < -0.39 is 5.97 Å². The third-order valence-corrected chi connectivity index (χ3v) is 5.64. The molecule has 0 radical (unpaired) electrons. The van der Waals surface area contributed by atoms with E-state index in [4.69, 9.17) is 16.7 Å². The quantitative estimate of drug-likeness (QED) is 0.622. The number of aryl methyl sites for hydroxylation is 2. The first-order valence-electron chi connectivity index (χ1n) is 8.11. The third-order valence-electron chi connectivity index (χ3n) is 4.25. The molecule has 0 unspecified atom stereocenters. The normalized spacial score (nSPS) is 10.9. The molecule has 0 aliphatic heterocycles. The van der Waals surface area contributed by atoms with Crippen LogP contribution in [0.15, 0.2) is 42.5 Å². The fourth-order valence-electron chi connectivity index (χ4n) is 2.85. The molecule has 0 aliphatic carbocycles. The molecule has 1 aromatic carbocycles. The average molecular weight is 388 g/mol. The minimum absolute atomic E-state index is 0.0831. The fraction of sp³-hybridized carbons (Fsp3) is 0.200. The van der Waals surface area contributed by atoms with E-state index in [2.05, 4.69) is 30.5 Å². The molecule has 1 N–H and O–H groups in total. The predicted molar refractivity (Wildman–Crippen MR) is 104 cm³/mol. The van der Waals surface area contributed by atoms with Crippen LogP contribution >= 0.6 is 22.9 Å². The number of carboxylic acids is 1. The molecule has 2 aromatic heterocycles. The number of ketones is 1. The van der Waals surface area contributed by atoms with Gasteiger partial charge in [0.25, 0.3) is 0 Å². The number of rotatable bonds is 6. The Kier molecular flexibility index (Phi) is 5.30. The number of carbonyl (C=O) groups is 2. The highest BCUT2D eigenvalue weighted by Crippen LogP contribution is 2.26. The number of thiophene rings is 1. The van der Waals surface area contributed by atoms with Gasteiger partial charge < -0.3 is 9.67 Å². The van der Waals surface area contributed by atoms with E-state index in [0.717, 1.165) is 5.56 Å². The summed E-state index contributed by atoms with van der Waals surface area (Å²) in [7, 11) is 0. The molecule has 3 aromatic rings. The second kappa shape index (κ2) is 7.48. The Hall–Kier alpha value is -2.37. The first-order valence-corrected chi connectivity index (χ1v) is 9.31. The Morgan fingerprint density at radius 1 is 1.08 bits per heavy atom. The van der Waals surface area contributed by atoms with E-state index in [1.54, 1.807) is 18.2 Å². The van der Waals surface area contributed by atoms with Crippen molar-refractivity contribution in [2.24, 2.45) is 0 Å². The van der Waals surface area contributed by atoms with Crippen LogP contribution in [0.25, 0.3) is 0 Å². The first kappa shape index (κ1) is 18.4. The molecule has 0 fully saturated rings. The van der Waals surface area contributed by atoms with Crippen LogP contribution in [0.2, 0.25) is 5.02 Å². The molecule has 0 saturated carbocycles. The van der Waals surface area contributed by atoms with Crippen LogP contribution in [0.3, 0.4) is 0 Å². The number of carboxylic acid groups (broad SMARTS) is 1. The highest BCUT2D eigenvalue weighted by molar-refractivity contribution is 7.14. The molecule has 0 bridgehead atoms. The molecule has 134 valence electrons. The largest absolute Gasteiger partial charge is 0.481 e. The number of hydrogen-bond donors (Lipinski definition) is 1. The molecule has 0 amide bonds. The molecule has 0 atom stereocenters. The highest BCUT2D eigenvalue weighted by Gasteiger charge is 2.16. The zero-order valence-electron chi connectivity index (χ0n) is 14.5. The van der Waals surface area contributed by atoms with E-state index in [0.29, 0.717) is 26.9 Å². The summed E-state index contributed by atoms with van der Waals surface area (Å²) in [6, 6.07) is 12.9. The van der Waals surface area contributed by atoms with Crippen LogP contribution in [-0.2, 0) is 17.8 Å². The Balaban J connectivity index is 1.82. The number of carbonyl (C=O) groups excluding carboxylic acids is 1. The summed E-state index contributed by atoms with van der Waals surface area (Å²) in [5.74, 6) is -1.10. The molecular formula is C20H18ClNO3S. The van der Waals surface area contributed by atoms with Crippen molar-refractivity contribution in [1.82, 2.24) is 4.57 Å². The lowest BCUT2D eigenvalue weighted by Crippen LogP contribution is -2.05. The maximum absolute atomic E-state index is 12.7. The van der Waals surface area contributed by atoms with Crippen LogP contribution in [0.4, 0.5) is 0 Å². The van der Waals surface area contributed by atoms with E-state index in [9.17, 15) is 9.59 Å². The predicted octanol–water partition coefficient (Wildman–Crippen LogP) is 4.73. The number of benzene rings is 1. The Morgan fingerprint density at radius 2 is 1.77 bits per heavy atom. The van der Waals surface area contributed by atoms with Crippen molar-refractivity contribution in [2.75, 3.05) is 0 Å². The van der Waals surface area contributed by atoms with Gasteiger partial charge in [0.1, 0.15) is 0 Å². The second-order valence-corrected chi connectivity index (χ2v) is 7.76. The van der Waals surface area contributed by atoms with Crippen molar-refractivity contribution in [1.29, 1.82) is 0 Å². The van der Waals surface area contributed by atoms with Gasteiger partial charge in [-0.2, -0.15) is 0 Å². The van der Waals surface area contributed by atoms with E-state index in [1.807, 2.05) is 12.1 Å².